The summed E-state index contributed by atoms with van der Waals surface area (Å²) in [4.78, 5) is 19.2. The van der Waals surface area contributed by atoms with Crippen molar-refractivity contribution >= 4 is 5.91 Å². The van der Waals surface area contributed by atoms with Crippen LogP contribution in [0.1, 0.15) is 42.0 Å². The van der Waals surface area contributed by atoms with Crippen molar-refractivity contribution in [2.24, 2.45) is 5.92 Å². The number of carbonyl (C=O) groups excluding carboxylic acids is 1. The van der Waals surface area contributed by atoms with Gasteiger partial charge < -0.3 is 19.8 Å². The molecule has 0 bridgehead atoms. The van der Waals surface area contributed by atoms with Crippen LogP contribution in [0.4, 0.5) is 0 Å². The van der Waals surface area contributed by atoms with Gasteiger partial charge in [0.2, 0.25) is 0 Å². The number of hydrogen-bond donors (Lipinski definition) is 2. The maximum absolute atomic E-state index is 12.2. The SMILES string of the molecule is Cc1cnc(C(=O)N[C@@H]2COCC[C@@H]2OCC2CCC2)[nH]1. The molecule has 0 radical (unpaired) electrons. The van der Waals surface area contributed by atoms with Crippen LogP contribution in [0.3, 0.4) is 0 Å². The number of nitrogens with one attached hydrogen (secondary N) is 2. The molecule has 1 aliphatic heterocycles. The molecule has 1 saturated carbocycles. The average molecular weight is 293 g/mol. The first-order chi connectivity index (χ1) is 10.2. The van der Waals surface area contributed by atoms with E-state index in [4.69, 9.17) is 9.47 Å². The van der Waals surface area contributed by atoms with Gasteiger partial charge in [-0.25, -0.2) is 4.98 Å². The molecule has 2 aliphatic rings. The Balaban J connectivity index is 1.54. The molecule has 6 nitrogen and oxygen atoms in total. The van der Waals surface area contributed by atoms with E-state index < -0.39 is 0 Å². The number of aromatic amines is 1. The van der Waals surface area contributed by atoms with Crippen molar-refractivity contribution in [3.63, 3.8) is 0 Å². The zero-order chi connectivity index (χ0) is 14.7. The van der Waals surface area contributed by atoms with E-state index in [9.17, 15) is 4.79 Å². The van der Waals surface area contributed by atoms with Crippen LogP contribution in [0, 0.1) is 12.8 Å². The van der Waals surface area contributed by atoms with Gasteiger partial charge >= 0.3 is 0 Å². The van der Waals surface area contributed by atoms with Gasteiger partial charge in [-0.05, 0) is 32.1 Å². The largest absolute Gasteiger partial charge is 0.379 e. The van der Waals surface area contributed by atoms with Gasteiger partial charge in [0.15, 0.2) is 5.82 Å². The maximum Gasteiger partial charge on any atom is 0.287 e. The number of rotatable bonds is 5. The monoisotopic (exact) mass is 293 g/mol. The second-order valence-corrected chi connectivity index (χ2v) is 6.03. The molecule has 2 N–H and O–H groups in total. The summed E-state index contributed by atoms with van der Waals surface area (Å²) in [5, 5.41) is 2.98. The van der Waals surface area contributed by atoms with Crippen LogP contribution in [-0.4, -0.2) is 47.8 Å². The smallest absolute Gasteiger partial charge is 0.287 e. The molecule has 1 aromatic rings. The first-order valence-electron chi connectivity index (χ1n) is 7.74. The fourth-order valence-corrected chi connectivity index (χ4v) is 2.74. The molecule has 1 aromatic heterocycles. The summed E-state index contributed by atoms with van der Waals surface area (Å²) < 4.78 is 11.5. The molecule has 116 valence electrons. The normalized spacial score (nSPS) is 26.3. The third kappa shape index (κ3) is 3.63. The van der Waals surface area contributed by atoms with E-state index in [1.54, 1.807) is 6.20 Å². The summed E-state index contributed by atoms with van der Waals surface area (Å²) in [5.41, 5.74) is 0.873. The number of nitrogens with zero attached hydrogens (tertiary/aromatic N) is 1. The summed E-state index contributed by atoms with van der Waals surface area (Å²) >= 11 is 0. The van der Waals surface area contributed by atoms with Crippen LogP contribution in [0.5, 0.6) is 0 Å². The van der Waals surface area contributed by atoms with Crippen LogP contribution in [-0.2, 0) is 9.47 Å². The average Bonchev–Trinajstić information content (AvgIpc) is 2.85. The summed E-state index contributed by atoms with van der Waals surface area (Å²) in [6.45, 7) is 3.87. The van der Waals surface area contributed by atoms with Crippen LogP contribution in [0.15, 0.2) is 6.20 Å². The summed E-state index contributed by atoms with van der Waals surface area (Å²) in [7, 11) is 0. The zero-order valence-corrected chi connectivity index (χ0v) is 12.4. The highest BCUT2D eigenvalue weighted by Gasteiger charge is 2.30. The van der Waals surface area contributed by atoms with Gasteiger partial charge in [-0.3, -0.25) is 4.79 Å². The van der Waals surface area contributed by atoms with Crippen molar-refractivity contribution in [2.45, 2.75) is 44.8 Å². The Hall–Kier alpha value is -1.40. The highest BCUT2D eigenvalue weighted by molar-refractivity contribution is 5.90. The molecule has 2 atom stereocenters. The number of ether oxygens (including phenoxy) is 2. The van der Waals surface area contributed by atoms with E-state index in [2.05, 4.69) is 15.3 Å². The van der Waals surface area contributed by atoms with Crippen molar-refractivity contribution in [1.29, 1.82) is 0 Å². The lowest BCUT2D eigenvalue weighted by Crippen LogP contribution is -2.51. The van der Waals surface area contributed by atoms with Crippen molar-refractivity contribution in [3.8, 4) is 0 Å². The number of aryl methyl sites for hydroxylation is 1. The number of imidazole rings is 1. The molecule has 2 fully saturated rings. The van der Waals surface area contributed by atoms with Crippen LogP contribution < -0.4 is 5.32 Å². The number of amides is 1. The predicted octanol–water partition coefficient (Wildman–Crippen LogP) is 1.42. The first-order valence-corrected chi connectivity index (χ1v) is 7.74. The quantitative estimate of drug-likeness (QED) is 0.861. The molecular weight excluding hydrogens is 270 g/mol. The maximum atomic E-state index is 12.2. The van der Waals surface area contributed by atoms with E-state index >= 15 is 0 Å². The second kappa shape index (κ2) is 6.58. The lowest BCUT2D eigenvalue weighted by Gasteiger charge is -2.34. The van der Waals surface area contributed by atoms with Gasteiger partial charge in [0.05, 0.1) is 18.8 Å². The Morgan fingerprint density at radius 3 is 3.05 bits per heavy atom. The third-order valence-electron chi connectivity index (χ3n) is 4.30. The van der Waals surface area contributed by atoms with Crippen LogP contribution in [0.25, 0.3) is 0 Å². The van der Waals surface area contributed by atoms with Gasteiger partial charge in [-0.15, -0.1) is 0 Å². The van der Waals surface area contributed by atoms with Crippen LogP contribution >= 0.6 is 0 Å². The molecule has 1 aliphatic carbocycles. The Morgan fingerprint density at radius 1 is 1.52 bits per heavy atom. The van der Waals surface area contributed by atoms with E-state index in [-0.39, 0.29) is 18.1 Å². The molecule has 1 amide bonds. The van der Waals surface area contributed by atoms with Gasteiger partial charge in [-0.2, -0.15) is 0 Å². The van der Waals surface area contributed by atoms with Crippen molar-refractivity contribution in [1.82, 2.24) is 15.3 Å². The van der Waals surface area contributed by atoms with Crippen molar-refractivity contribution in [3.05, 3.63) is 17.7 Å². The minimum Gasteiger partial charge on any atom is -0.379 e. The first kappa shape index (κ1) is 14.5. The highest BCUT2D eigenvalue weighted by atomic mass is 16.5. The number of hydrogen-bond acceptors (Lipinski definition) is 4. The molecule has 0 aromatic carbocycles. The standard InChI is InChI=1S/C15H23N3O3/c1-10-7-16-14(17-10)15(19)18-12-9-20-6-5-13(12)21-8-11-3-2-4-11/h7,11-13H,2-6,8-9H2,1H3,(H,16,17)(H,18,19)/t12-,13+/m1/s1. The lowest BCUT2D eigenvalue weighted by atomic mass is 9.86. The number of H-pyrrole nitrogens is 1. The van der Waals surface area contributed by atoms with Gasteiger partial charge in [0.1, 0.15) is 0 Å². The second-order valence-electron chi connectivity index (χ2n) is 6.03. The van der Waals surface area contributed by atoms with Crippen LogP contribution in [0.2, 0.25) is 0 Å². The van der Waals surface area contributed by atoms with E-state index in [1.807, 2.05) is 6.92 Å². The highest BCUT2D eigenvalue weighted by Crippen LogP contribution is 2.27. The molecule has 0 unspecified atom stereocenters. The van der Waals surface area contributed by atoms with Crippen molar-refractivity contribution in [2.75, 3.05) is 19.8 Å². The molecule has 6 heteroatoms. The fourth-order valence-electron chi connectivity index (χ4n) is 2.74. The van der Waals surface area contributed by atoms with Gasteiger partial charge in [0, 0.05) is 25.1 Å². The van der Waals surface area contributed by atoms with Gasteiger partial charge in [0.25, 0.3) is 5.91 Å². The Kier molecular flexibility index (Phi) is 4.55. The van der Waals surface area contributed by atoms with Crippen molar-refractivity contribution < 1.29 is 14.3 Å². The molecule has 0 spiro atoms. The van der Waals surface area contributed by atoms with E-state index in [0.717, 1.165) is 18.7 Å². The summed E-state index contributed by atoms with van der Waals surface area (Å²) in [6, 6.07) is -0.100. The van der Waals surface area contributed by atoms with E-state index in [0.29, 0.717) is 25.0 Å². The Labute approximate surface area is 124 Å². The van der Waals surface area contributed by atoms with E-state index in [1.165, 1.54) is 19.3 Å². The third-order valence-corrected chi connectivity index (χ3v) is 4.30. The minimum atomic E-state index is -0.198. The number of aromatic nitrogens is 2. The lowest BCUT2D eigenvalue weighted by molar-refractivity contribution is -0.0697. The molecular formula is C15H23N3O3. The zero-order valence-electron chi connectivity index (χ0n) is 12.4. The molecule has 2 heterocycles. The topological polar surface area (TPSA) is 76.2 Å². The summed E-state index contributed by atoms with van der Waals surface area (Å²) in [6.07, 6.45) is 6.38. The molecule has 21 heavy (non-hydrogen) atoms. The minimum absolute atomic E-state index is 0.0411. The summed E-state index contributed by atoms with van der Waals surface area (Å²) in [5.74, 6) is 0.851. The molecule has 1 saturated heterocycles. The predicted molar refractivity (Wildman–Crippen MR) is 77.1 cm³/mol. The number of carbonyl (C=O) groups is 1. The molecule has 3 rings (SSSR count). The fraction of sp³-hybridized carbons (Fsp3) is 0.733. The Bertz CT molecular complexity index is 484. The van der Waals surface area contributed by atoms with Gasteiger partial charge in [-0.1, -0.05) is 6.42 Å². The Morgan fingerprint density at radius 2 is 2.38 bits per heavy atom.